The summed E-state index contributed by atoms with van der Waals surface area (Å²) in [6.45, 7) is 0. The van der Waals surface area contributed by atoms with E-state index in [1.54, 1.807) is 12.1 Å². The minimum atomic E-state index is -5.05. The average molecular weight is 875 g/mol. The van der Waals surface area contributed by atoms with Crippen LogP contribution in [0.1, 0.15) is 38.9 Å². The zero-order valence-corrected chi connectivity index (χ0v) is 30.3. The largest absolute Gasteiger partial charge is 0.416 e. The van der Waals surface area contributed by atoms with Crippen LogP contribution in [0.25, 0.3) is 66.1 Å². The van der Waals surface area contributed by atoms with Crippen LogP contribution in [0.5, 0.6) is 0 Å². The third-order valence-corrected chi connectivity index (χ3v) is 10.3. The smallest absolute Gasteiger partial charge is 0.309 e. The van der Waals surface area contributed by atoms with Gasteiger partial charge in [-0.2, -0.15) is 76.4 Å². The molecule has 2 heterocycles. The van der Waals surface area contributed by atoms with Crippen molar-refractivity contribution >= 4 is 43.6 Å². The SMILES string of the molecule is N#Cc1cc(C(F)(F)F)ccc1-c1cc(-n2c3cc(C(F)(F)F)ccc3c3ccc(C(F)(F)F)cc32)c(C#N)cc1-n1c2cc(C(F)(F)F)ccc2c2ccc(C(F)(F)F)cc21. The van der Waals surface area contributed by atoms with E-state index in [4.69, 9.17) is 0 Å². The molecule has 0 aliphatic rings. The molecule has 0 bridgehead atoms. The quantitative estimate of drug-likeness (QED) is 0.166. The molecular weight excluding hydrogens is 857 g/mol. The van der Waals surface area contributed by atoms with Gasteiger partial charge in [-0.25, -0.2) is 0 Å². The van der Waals surface area contributed by atoms with Crippen LogP contribution in [0, 0.1) is 22.7 Å². The lowest BCUT2D eigenvalue weighted by Gasteiger charge is -2.20. The van der Waals surface area contributed by atoms with Crippen molar-refractivity contribution in [2.24, 2.45) is 0 Å². The van der Waals surface area contributed by atoms with E-state index in [2.05, 4.69) is 0 Å². The molecule has 0 radical (unpaired) electrons. The Bertz CT molecular complexity index is 3110. The summed E-state index contributed by atoms with van der Waals surface area (Å²) in [5.41, 5.74) is -11.7. The van der Waals surface area contributed by atoms with Crippen molar-refractivity contribution in [3.05, 3.63) is 142 Å². The molecule has 19 heteroatoms. The molecule has 2 aromatic heterocycles. The van der Waals surface area contributed by atoms with Crippen LogP contribution in [-0.4, -0.2) is 9.13 Å². The fraction of sp³-hybridized carbons (Fsp3) is 0.116. The van der Waals surface area contributed by atoms with Gasteiger partial charge in [0, 0.05) is 32.7 Å². The molecule has 0 aliphatic heterocycles. The molecule has 4 nitrogen and oxygen atoms in total. The van der Waals surface area contributed by atoms with Gasteiger partial charge in [0.15, 0.2) is 0 Å². The highest BCUT2D eigenvalue weighted by atomic mass is 19.4. The number of fused-ring (bicyclic) bond motifs is 6. The first-order valence-electron chi connectivity index (χ1n) is 17.5. The molecular formula is C43H17F15N4. The first kappa shape index (κ1) is 41.6. The summed E-state index contributed by atoms with van der Waals surface area (Å²) in [6, 6.07) is 15.4. The predicted octanol–water partition coefficient (Wildman–Crippen LogP) is 14.4. The molecule has 0 unspecified atom stereocenters. The highest BCUT2D eigenvalue weighted by Crippen LogP contribution is 2.46. The van der Waals surface area contributed by atoms with E-state index in [1.165, 1.54) is 0 Å². The third kappa shape index (κ3) is 6.87. The van der Waals surface area contributed by atoms with E-state index in [1.807, 2.05) is 0 Å². The Kier molecular flexibility index (Phi) is 9.18. The highest BCUT2D eigenvalue weighted by molar-refractivity contribution is 6.12. The third-order valence-electron chi connectivity index (χ3n) is 10.3. The average Bonchev–Trinajstić information content (AvgIpc) is 3.69. The van der Waals surface area contributed by atoms with Crippen molar-refractivity contribution in [3.8, 4) is 34.6 Å². The van der Waals surface area contributed by atoms with Crippen LogP contribution >= 0.6 is 0 Å². The number of nitriles is 2. The number of benzene rings is 6. The van der Waals surface area contributed by atoms with E-state index in [0.29, 0.717) is 60.7 Å². The zero-order chi connectivity index (χ0) is 45.1. The van der Waals surface area contributed by atoms with Gasteiger partial charge in [0.2, 0.25) is 0 Å². The minimum absolute atomic E-state index is 0.0646. The van der Waals surface area contributed by atoms with Gasteiger partial charge in [0.05, 0.1) is 78.5 Å². The van der Waals surface area contributed by atoms with Gasteiger partial charge in [0.25, 0.3) is 0 Å². The first-order valence-corrected chi connectivity index (χ1v) is 17.5. The molecule has 0 amide bonds. The fourth-order valence-electron chi connectivity index (χ4n) is 7.56. The van der Waals surface area contributed by atoms with E-state index < -0.39 is 114 Å². The lowest BCUT2D eigenvalue weighted by atomic mass is 9.94. The van der Waals surface area contributed by atoms with Gasteiger partial charge in [-0.15, -0.1) is 0 Å². The van der Waals surface area contributed by atoms with Crippen LogP contribution in [0.15, 0.2) is 103 Å². The maximum Gasteiger partial charge on any atom is 0.416 e. The summed E-state index contributed by atoms with van der Waals surface area (Å²) < 4.78 is 214. The summed E-state index contributed by atoms with van der Waals surface area (Å²) in [7, 11) is 0. The van der Waals surface area contributed by atoms with Crippen molar-refractivity contribution < 1.29 is 65.9 Å². The summed E-state index contributed by atoms with van der Waals surface area (Å²) in [5.74, 6) is 0. The number of hydrogen-bond acceptors (Lipinski definition) is 2. The van der Waals surface area contributed by atoms with E-state index in [9.17, 15) is 76.4 Å². The summed E-state index contributed by atoms with van der Waals surface area (Å²) in [4.78, 5) is 0. The van der Waals surface area contributed by atoms with E-state index in [0.717, 1.165) is 51.6 Å². The second-order valence-corrected chi connectivity index (χ2v) is 14.0. The van der Waals surface area contributed by atoms with E-state index in [-0.39, 0.29) is 21.5 Å². The van der Waals surface area contributed by atoms with Crippen molar-refractivity contribution in [1.29, 1.82) is 10.5 Å². The lowest BCUT2D eigenvalue weighted by molar-refractivity contribution is -0.138. The second-order valence-electron chi connectivity index (χ2n) is 14.0. The van der Waals surface area contributed by atoms with Gasteiger partial charge < -0.3 is 9.13 Å². The van der Waals surface area contributed by atoms with Crippen LogP contribution in [0.4, 0.5) is 65.9 Å². The molecule has 0 atom stereocenters. The Morgan fingerprint density at radius 3 is 0.952 bits per heavy atom. The lowest BCUT2D eigenvalue weighted by Crippen LogP contribution is -2.09. The maximum absolute atomic E-state index is 14.2. The van der Waals surface area contributed by atoms with Crippen molar-refractivity contribution in [3.63, 3.8) is 0 Å². The molecule has 6 aromatic carbocycles. The van der Waals surface area contributed by atoms with Gasteiger partial charge in [-0.05, 0) is 72.8 Å². The molecule has 0 saturated heterocycles. The molecule has 8 rings (SSSR count). The molecule has 8 aromatic rings. The molecule has 0 spiro atoms. The van der Waals surface area contributed by atoms with Crippen molar-refractivity contribution in [1.82, 2.24) is 9.13 Å². The number of rotatable bonds is 3. The van der Waals surface area contributed by atoms with Crippen molar-refractivity contribution in [2.45, 2.75) is 30.9 Å². The topological polar surface area (TPSA) is 57.4 Å². The van der Waals surface area contributed by atoms with E-state index >= 15 is 0 Å². The summed E-state index contributed by atoms with van der Waals surface area (Å²) >= 11 is 0. The van der Waals surface area contributed by atoms with Crippen LogP contribution in [0.3, 0.4) is 0 Å². The summed E-state index contributed by atoms with van der Waals surface area (Å²) in [5, 5.41) is 20.6. The molecule has 0 aliphatic carbocycles. The Hall–Kier alpha value is -7.15. The number of hydrogen-bond donors (Lipinski definition) is 0. The Labute approximate surface area is 336 Å². The first-order chi connectivity index (χ1) is 28.8. The maximum atomic E-state index is 14.2. The minimum Gasteiger partial charge on any atom is -0.309 e. The normalized spacial score (nSPS) is 13.0. The Morgan fingerprint density at radius 2 is 0.629 bits per heavy atom. The van der Waals surface area contributed by atoms with Crippen LogP contribution < -0.4 is 0 Å². The van der Waals surface area contributed by atoms with Crippen LogP contribution in [-0.2, 0) is 30.9 Å². The highest BCUT2D eigenvalue weighted by Gasteiger charge is 2.37. The fourth-order valence-corrected chi connectivity index (χ4v) is 7.56. The van der Waals surface area contributed by atoms with Crippen molar-refractivity contribution in [2.75, 3.05) is 0 Å². The van der Waals surface area contributed by atoms with Crippen LogP contribution in [0.2, 0.25) is 0 Å². The Morgan fingerprint density at radius 1 is 0.323 bits per heavy atom. The van der Waals surface area contributed by atoms with Gasteiger partial charge in [-0.1, -0.05) is 30.3 Å². The number of halogens is 15. The Balaban J connectivity index is 1.60. The molecule has 314 valence electrons. The molecule has 62 heavy (non-hydrogen) atoms. The molecule has 0 fully saturated rings. The predicted molar refractivity (Wildman–Crippen MR) is 195 cm³/mol. The van der Waals surface area contributed by atoms with Gasteiger partial charge in [0.1, 0.15) is 6.07 Å². The number of nitrogens with zero attached hydrogens (tertiary/aromatic N) is 4. The monoisotopic (exact) mass is 874 g/mol. The zero-order valence-electron chi connectivity index (χ0n) is 30.3. The second kappa shape index (κ2) is 13.7. The molecule has 0 N–H and O–H groups in total. The number of alkyl halides is 15. The standard InChI is InChI=1S/C43H17F15N4/c44-39(45,46)22-1-6-27(20(11-22)18-59)32-17-33(61-35-13-23(40(47,48)49)2-7-28(35)29-8-3-24(14-36(29)61)41(50,51)52)21(19-60)12-34(32)62-37-15-25(42(53,54)55)4-9-30(37)31-10-5-26(16-38(31)62)43(56,57)58/h1-17H. The van der Waals surface area contributed by atoms with Gasteiger partial charge in [-0.3, -0.25) is 0 Å². The molecule has 0 saturated carbocycles. The summed E-state index contributed by atoms with van der Waals surface area (Å²) in [6.07, 6.45) is -25.2. The number of aromatic nitrogens is 2. The van der Waals surface area contributed by atoms with Gasteiger partial charge >= 0.3 is 30.9 Å².